The van der Waals surface area contributed by atoms with Crippen LogP contribution in [0, 0.1) is 0 Å². The number of aromatic amines is 1. The number of fused-ring (bicyclic) bond motifs is 1. The minimum absolute atomic E-state index is 0.497. The molecule has 0 saturated carbocycles. The standard InChI is InChI=1S/C15H18N2O2/c1-18-13-5-12(6-14(8-13)19-2)10-3-4-11-9-16-17-15(11)7-10/h5-6,8-10H,3-4,7H2,1-2H3,(H,16,17). The van der Waals surface area contributed by atoms with Crippen molar-refractivity contribution in [3.05, 3.63) is 41.2 Å². The monoisotopic (exact) mass is 258 g/mol. The SMILES string of the molecule is COc1cc(OC)cc(C2CCc3cn[nH]c3C2)c1. The van der Waals surface area contributed by atoms with Crippen LogP contribution >= 0.6 is 0 Å². The van der Waals surface area contributed by atoms with E-state index in [2.05, 4.69) is 22.3 Å². The number of rotatable bonds is 3. The van der Waals surface area contributed by atoms with Crippen molar-refractivity contribution in [2.45, 2.75) is 25.2 Å². The maximum absolute atomic E-state index is 5.34. The molecule has 0 radical (unpaired) electrons. The summed E-state index contributed by atoms with van der Waals surface area (Å²) in [5.74, 6) is 2.20. The highest BCUT2D eigenvalue weighted by atomic mass is 16.5. The van der Waals surface area contributed by atoms with Crippen molar-refractivity contribution >= 4 is 0 Å². The number of aryl methyl sites for hydroxylation is 1. The topological polar surface area (TPSA) is 47.1 Å². The van der Waals surface area contributed by atoms with E-state index in [0.29, 0.717) is 5.92 Å². The zero-order valence-electron chi connectivity index (χ0n) is 11.3. The van der Waals surface area contributed by atoms with Gasteiger partial charge >= 0.3 is 0 Å². The second-order valence-electron chi connectivity index (χ2n) is 4.96. The summed E-state index contributed by atoms with van der Waals surface area (Å²) in [6.45, 7) is 0. The minimum Gasteiger partial charge on any atom is -0.497 e. The van der Waals surface area contributed by atoms with E-state index in [1.165, 1.54) is 16.8 Å². The summed E-state index contributed by atoms with van der Waals surface area (Å²) >= 11 is 0. The van der Waals surface area contributed by atoms with Crippen LogP contribution in [-0.4, -0.2) is 24.4 Å². The quantitative estimate of drug-likeness (QED) is 0.920. The lowest BCUT2D eigenvalue weighted by atomic mass is 9.83. The molecule has 1 aliphatic carbocycles. The predicted molar refractivity (Wildman–Crippen MR) is 72.9 cm³/mol. The van der Waals surface area contributed by atoms with Crippen LogP contribution < -0.4 is 9.47 Å². The molecule has 100 valence electrons. The molecule has 2 aromatic rings. The van der Waals surface area contributed by atoms with E-state index in [9.17, 15) is 0 Å². The van der Waals surface area contributed by atoms with Gasteiger partial charge in [-0.1, -0.05) is 0 Å². The molecule has 1 N–H and O–H groups in total. The van der Waals surface area contributed by atoms with Crippen LogP contribution in [0.4, 0.5) is 0 Å². The van der Waals surface area contributed by atoms with E-state index in [1.54, 1.807) is 14.2 Å². The third-order valence-corrected chi connectivity index (χ3v) is 3.87. The second-order valence-corrected chi connectivity index (χ2v) is 4.96. The van der Waals surface area contributed by atoms with Crippen molar-refractivity contribution in [2.75, 3.05) is 14.2 Å². The Kier molecular flexibility index (Phi) is 3.15. The Labute approximate surface area is 112 Å². The van der Waals surface area contributed by atoms with E-state index in [4.69, 9.17) is 9.47 Å². The molecule has 4 nitrogen and oxygen atoms in total. The zero-order chi connectivity index (χ0) is 13.2. The highest BCUT2D eigenvalue weighted by molar-refractivity contribution is 5.41. The van der Waals surface area contributed by atoms with Crippen LogP contribution in [0.1, 0.15) is 29.2 Å². The first kappa shape index (κ1) is 12.1. The predicted octanol–water partition coefficient (Wildman–Crippen LogP) is 2.70. The zero-order valence-corrected chi connectivity index (χ0v) is 11.3. The molecule has 1 atom stereocenters. The number of hydrogen-bond acceptors (Lipinski definition) is 3. The molecule has 0 fully saturated rings. The van der Waals surface area contributed by atoms with Crippen molar-refractivity contribution < 1.29 is 9.47 Å². The number of ether oxygens (including phenoxy) is 2. The van der Waals surface area contributed by atoms with Crippen molar-refractivity contribution in [3.63, 3.8) is 0 Å². The van der Waals surface area contributed by atoms with Crippen LogP contribution in [0.3, 0.4) is 0 Å². The molecule has 0 bridgehead atoms. The maximum Gasteiger partial charge on any atom is 0.122 e. The molecule has 0 saturated heterocycles. The van der Waals surface area contributed by atoms with Crippen LogP contribution in [0.5, 0.6) is 11.5 Å². The van der Waals surface area contributed by atoms with Crippen LogP contribution in [0.25, 0.3) is 0 Å². The summed E-state index contributed by atoms with van der Waals surface area (Å²) in [5.41, 5.74) is 3.89. The van der Waals surface area contributed by atoms with Gasteiger partial charge < -0.3 is 9.47 Å². The smallest absolute Gasteiger partial charge is 0.122 e. The lowest BCUT2D eigenvalue weighted by molar-refractivity contribution is 0.392. The van der Waals surface area contributed by atoms with Gasteiger partial charge in [0.05, 0.1) is 20.4 Å². The Morgan fingerprint density at radius 3 is 2.58 bits per heavy atom. The molecule has 4 heteroatoms. The molecule has 3 rings (SSSR count). The first-order chi connectivity index (χ1) is 9.30. The lowest BCUT2D eigenvalue weighted by Gasteiger charge is -2.22. The third kappa shape index (κ3) is 2.30. The van der Waals surface area contributed by atoms with Crippen LogP contribution in [0.15, 0.2) is 24.4 Å². The third-order valence-electron chi connectivity index (χ3n) is 3.87. The van der Waals surface area contributed by atoms with Gasteiger partial charge in [0.25, 0.3) is 0 Å². The van der Waals surface area contributed by atoms with Crippen molar-refractivity contribution in [1.82, 2.24) is 10.2 Å². The largest absolute Gasteiger partial charge is 0.497 e. The molecule has 1 aromatic carbocycles. The minimum atomic E-state index is 0.497. The number of nitrogens with one attached hydrogen (secondary N) is 1. The van der Waals surface area contributed by atoms with Gasteiger partial charge in [-0.05, 0) is 48.4 Å². The second kappa shape index (κ2) is 4.96. The molecule has 0 amide bonds. The normalized spacial score (nSPS) is 17.9. The summed E-state index contributed by atoms with van der Waals surface area (Å²) < 4.78 is 10.7. The van der Waals surface area contributed by atoms with Gasteiger partial charge in [-0.2, -0.15) is 5.10 Å². The molecule has 0 aliphatic heterocycles. The highest BCUT2D eigenvalue weighted by Gasteiger charge is 2.22. The molecule has 1 unspecified atom stereocenters. The summed E-state index contributed by atoms with van der Waals surface area (Å²) in [5, 5.41) is 7.23. The number of hydrogen-bond donors (Lipinski definition) is 1. The summed E-state index contributed by atoms with van der Waals surface area (Å²) in [6.07, 6.45) is 5.17. The molecular formula is C15H18N2O2. The number of methoxy groups -OCH3 is 2. The van der Waals surface area contributed by atoms with Crippen LogP contribution in [0.2, 0.25) is 0 Å². The van der Waals surface area contributed by atoms with Crippen molar-refractivity contribution in [1.29, 1.82) is 0 Å². The van der Waals surface area contributed by atoms with Gasteiger partial charge in [-0.3, -0.25) is 5.10 Å². The molecule has 1 aromatic heterocycles. The summed E-state index contributed by atoms with van der Waals surface area (Å²) in [7, 11) is 3.37. The van der Waals surface area contributed by atoms with Gasteiger partial charge in [0, 0.05) is 11.8 Å². The Bertz CT molecular complexity index is 555. The van der Waals surface area contributed by atoms with Gasteiger partial charge in [-0.15, -0.1) is 0 Å². The van der Waals surface area contributed by atoms with E-state index in [-0.39, 0.29) is 0 Å². The van der Waals surface area contributed by atoms with Crippen LogP contribution in [-0.2, 0) is 12.8 Å². The first-order valence-electron chi connectivity index (χ1n) is 6.54. The summed E-state index contributed by atoms with van der Waals surface area (Å²) in [6, 6.07) is 6.12. The van der Waals surface area contributed by atoms with Gasteiger partial charge in [0.15, 0.2) is 0 Å². The van der Waals surface area contributed by atoms with Gasteiger partial charge in [0.1, 0.15) is 11.5 Å². The Hall–Kier alpha value is -1.97. The Morgan fingerprint density at radius 2 is 1.89 bits per heavy atom. The molecule has 1 aliphatic rings. The molecule has 0 spiro atoms. The van der Waals surface area contributed by atoms with Gasteiger partial charge in [0.2, 0.25) is 0 Å². The number of aromatic nitrogens is 2. The average Bonchev–Trinajstić information content (AvgIpc) is 2.94. The van der Waals surface area contributed by atoms with E-state index < -0.39 is 0 Å². The number of H-pyrrole nitrogens is 1. The fourth-order valence-corrected chi connectivity index (χ4v) is 2.76. The molecule has 1 heterocycles. The van der Waals surface area contributed by atoms with E-state index >= 15 is 0 Å². The van der Waals surface area contributed by atoms with Crippen molar-refractivity contribution in [3.8, 4) is 11.5 Å². The van der Waals surface area contributed by atoms with E-state index in [0.717, 1.165) is 30.8 Å². The number of benzene rings is 1. The first-order valence-corrected chi connectivity index (χ1v) is 6.54. The molecule has 19 heavy (non-hydrogen) atoms. The fourth-order valence-electron chi connectivity index (χ4n) is 2.76. The highest BCUT2D eigenvalue weighted by Crippen LogP contribution is 2.35. The molecular weight excluding hydrogens is 240 g/mol. The Morgan fingerprint density at radius 1 is 1.16 bits per heavy atom. The Balaban J connectivity index is 1.90. The maximum atomic E-state index is 5.34. The van der Waals surface area contributed by atoms with Gasteiger partial charge in [-0.25, -0.2) is 0 Å². The summed E-state index contributed by atoms with van der Waals surface area (Å²) in [4.78, 5) is 0. The number of nitrogens with zero attached hydrogens (tertiary/aromatic N) is 1. The fraction of sp³-hybridized carbons (Fsp3) is 0.400. The average molecular weight is 258 g/mol. The van der Waals surface area contributed by atoms with Crippen molar-refractivity contribution in [2.24, 2.45) is 0 Å². The lowest BCUT2D eigenvalue weighted by Crippen LogP contribution is -2.12. The van der Waals surface area contributed by atoms with E-state index in [1.807, 2.05) is 12.3 Å².